The van der Waals surface area contributed by atoms with Gasteiger partial charge in [-0.2, -0.15) is 0 Å². The number of carbonyl (C=O) groups excluding carboxylic acids is 1. The number of carboxylic acids is 1. The molecule has 1 heterocycles. The molecular weight excluding hydrogens is 589 g/mol. The summed E-state index contributed by atoms with van der Waals surface area (Å²) in [5.41, 5.74) is 2.94. The van der Waals surface area contributed by atoms with E-state index in [2.05, 4.69) is 24.4 Å². The molecule has 0 saturated carbocycles. The predicted molar refractivity (Wildman–Crippen MR) is 185 cm³/mol. The minimum absolute atomic E-state index is 0.203. The number of carboxylic acid groups (broad SMARTS) is 1. The molecule has 2 aromatic carbocycles. The zero-order valence-corrected chi connectivity index (χ0v) is 28.2. The molecule has 0 bridgehead atoms. The zero-order valence-electron chi connectivity index (χ0n) is 26.6. The van der Waals surface area contributed by atoms with Crippen LogP contribution in [0.1, 0.15) is 128 Å². The number of hydrogen-bond donors (Lipinski definition) is 2. The van der Waals surface area contributed by atoms with E-state index in [9.17, 15) is 14.7 Å². The van der Waals surface area contributed by atoms with Crippen LogP contribution in [0, 0.1) is 5.92 Å². The zero-order chi connectivity index (χ0) is 31.2. The van der Waals surface area contributed by atoms with Gasteiger partial charge in [-0.3, -0.25) is 9.59 Å². The van der Waals surface area contributed by atoms with E-state index >= 15 is 0 Å². The molecule has 6 nitrogen and oxygen atoms in total. The molecule has 0 aliphatic rings. The molecular formula is C36H52N2O4S2. The van der Waals surface area contributed by atoms with E-state index < -0.39 is 17.9 Å². The third-order valence-corrected chi connectivity index (χ3v) is 9.83. The number of anilines is 1. The van der Waals surface area contributed by atoms with Crippen LogP contribution in [0.25, 0.3) is 10.2 Å². The highest BCUT2D eigenvalue weighted by Crippen LogP contribution is 2.34. The lowest BCUT2D eigenvalue weighted by atomic mass is 9.97. The average molecular weight is 641 g/mol. The van der Waals surface area contributed by atoms with E-state index in [1.165, 1.54) is 100 Å². The Kier molecular flexibility index (Phi) is 18.0. The number of rotatable bonds is 25. The van der Waals surface area contributed by atoms with Gasteiger partial charge in [0.2, 0.25) is 0 Å². The summed E-state index contributed by atoms with van der Waals surface area (Å²) in [4.78, 5) is 29.0. The van der Waals surface area contributed by atoms with Gasteiger partial charge >= 0.3 is 11.9 Å². The SMILES string of the molecule is CCCCCCCCCCCCCCCCCCC(CC(=O)O)C(=O)OSc1nc2c(NCc3ccccc3)cccc2s1. The van der Waals surface area contributed by atoms with E-state index in [4.69, 9.17) is 9.17 Å². The van der Waals surface area contributed by atoms with Crippen LogP contribution in [0.4, 0.5) is 5.69 Å². The molecule has 0 fully saturated rings. The first kappa shape index (κ1) is 35.9. The molecule has 8 heteroatoms. The molecule has 1 unspecified atom stereocenters. The number of para-hydroxylation sites is 1. The minimum Gasteiger partial charge on any atom is -0.481 e. The number of unbranched alkanes of at least 4 members (excludes halogenated alkanes) is 15. The van der Waals surface area contributed by atoms with Crippen molar-refractivity contribution in [3.05, 3.63) is 54.1 Å². The Labute approximate surface area is 273 Å². The second-order valence-electron chi connectivity index (χ2n) is 11.8. The second kappa shape index (κ2) is 22.0. The summed E-state index contributed by atoms with van der Waals surface area (Å²) in [5, 5.41) is 12.8. The van der Waals surface area contributed by atoms with Crippen molar-refractivity contribution in [2.75, 3.05) is 5.32 Å². The van der Waals surface area contributed by atoms with Crippen molar-refractivity contribution in [2.45, 2.75) is 133 Å². The number of hydrogen-bond acceptors (Lipinski definition) is 7. The van der Waals surface area contributed by atoms with Crippen molar-refractivity contribution in [3.8, 4) is 0 Å². The highest BCUT2D eigenvalue weighted by molar-refractivity contribution is 7.97. The third-order valence-electron chi connectivity index (χ3n) is 8.08. The fraction of sp³-hybridized carbons (Fsp3) is 0.583. The fourth-order valence-electron chi connectivity index (χ4n) is 5.50. The molecule has 0 saturated heterocycles. The molecule has 0 amide bonds. The van der Waals surface area contributed by atoms with E-state index in [0.29, 0.717) is 17.3 Å². The predicted octanol–water partition coefficient (Wildman–Crippen LogP) is 11.2. The first-order chi connectivity index (χ1) is 21.6. The number of carbonyl (C=O) groups is 2. The van der Waals surface area contributed by atoms with Gasteiger partial charge < -0.3 is 14.6 Å². The van der Waals surface area contributed by atoms with Gasteiger partial charge in [0, 0.05) is 6.54 Å². The molecule has 0 aliphatic carbocycles. The first-order valence-corrected chi connectivity index (χ1v) is 18.4. The number of aliphatic carboxylic acids is 1. The molecule has 0 radical (unpaired) electrons. The van der Waals surface area contributed by atoms with E-state index in [-0.39, 0.29) is 6.42 Å². The van der Waals surface area contributed by atoms with Gasteiger partial charge in [0.05, 0.1) is 22.7 Å². The molecule has 242 valence electrons. The lowest BCUT2D eigenvalue weighted by molar-refractivity contribution is -0.146. The van der Waals surface area contributed by atoms with E-state index in [1.807, 2.05) is 36.4 Å². The van der Waals surface area contributed by atoms with Gasteiger partial charge in [-0.15, -0.1) is 11.3 Å². The lowest BCUT2D eigenvalue weighted by Crippen LogP contribution is -2.19. The molecule has 0 aliphatic heterocycles. The summed E-state index contributed by atoms with van der Waals surface area (Å²) >= 11 is 2.39. The maximum Gasteiger partial charge on any atom is 0.321 e. The van der Waals surface area contributed by atoms with Crippen LogP contribution in [0.5, 0.6) is 0 Å². The molecule has 44 heavy (non-hydrogen) atoms. The highest BCUT2D eigenvalue weighted by Gasteiger charge is 2.24. The van der Waals surface area contributed by atoms with Gasteiger partial charge in [-0.05, 0) is 24.1 Å². The van der Waals surface area contributed by atoms with Crippen LogP contribution in [0.15, 0.2) is 52.9 Å². The molecule has 1 atom stereocenters. The summed E-state index contributed by atoms with van der Waals surface area (Å²) in [5.74, 6) is -2.08. The van der Waals surface area contributed by atoms with Crippen molar-refractivity contribution in [3.63, 3.8) is 0 Å². The summed E-state index contributed by atoms with van der Waals surface area (Å²) < 4.78 is 7.13. The number of nitrogens with one attached hydrogen (secondary N) is 1. The molecule has 3 aromatic rings. The van der Waals surface area contributed by atoms with Gasteiger partial charge in [-0.25, -0.2) is 4.98 Å². The fourth-order valence-corrected chi connectivity index (χ4v) is 7.15. The lowest BCUT2D eigenvalue weighted by Gasteiger charge is -2.12. The van der Waals surface area contributed by atoms with Crippen molar-refractivity contribution in [1.82, 2.24) is 4.98 Å². The summed E-state index contributed by atoms with van der Waals surface area (Å²) in [6.45, 7) is 2.95. The number of benzene rings is 2. The summed E-state index contributed by atoms with van der Waals surface area (Å²) in [7, 11) is 0. The average Bonchev–Trinajstić information content (AvgIpc) is 3.46. The standard InChI is InChI=1S/C36H52N2O4S2/c1-2-3-4-5-6-7-8-9-10-11-12-13-14-15-16-20-24-30(27-33(39)40)35(41)42-44-36-38-34-31(25-21-26-32(34)43-36)37-28-29-22-18-17-19-23-29/h17-19,21-23,25-26,30,37H,2-16,20,24,27-28H2,1H3,(H,39,40). The van der Waals surface area contributed by atoms with Gasteiger partial charge in [0.1, 0.15) is 17.6 Å². The van der Waals surface area contributed by atoms with Gasteiger partial charge in [0.15, 0.2) is 4.34 Å². The van der Waals surface area contributed by atoms with Crippen LogP contribution >= 0.6 is 23.4 Å². The van der Waals surface area contributed by atoms with Gasteiger partial charge in [0.25, 0.3) is 0 Å². The number of nitrogens with zero attached hydrogens (tertiary/aromatic N) is 1. The Bertz CT molecular complexity index is 1220. The van der Waals surface area contributed by atoms with Crippen molar-refractivity contribution in [1.29, 1.82) is 0 Å². The smallest absolute Gasteiger partial charge is 0.321 e. The Morgan fingerprint density at radius 1 is 0.818 bits per heavy atom. The Balaban J connectivity index is 1.30. The van der Waals surface area contributed by atoms with Crippen LogP contribution in [-0.2, 0) is 20.3 Å². The normalized spacial score (nSPS) is 11.9. The number of thiazole rings is 1. The van der Waals surface area contributed by atoms with Crippen LogP contribution < -0.4 is 5.32 Å². The molecule has 1 aromatic heterocycles. The van der Waals surface area contributed by atoms with Crippen molar-refractivity contribution >= 4 is 51.2 Å². The molecule has 3 rings (SSSR count). The Hall–Kier alpha value is -2.58. The summed E-state index contributed by atoms with van der Waals surface area (Å²) in [6.07, 6.45) is 20.9. The Morgan fingerprint density at radius 2 is 1.41 bits per heavy atom. The van der Waals surface area contributed by atoms with Crippen LogP contribution in [0.2, 0.25) is 0 Å². The topological polar surface area (TPSA) is 88.5 Å². The van der Waals surface area contributed by atoms with Gasteiger partial charge in [-0.1, -0.05) is 146 Å². The maximum atomic E-state index is 12.8. The highest BCUT2D eigenvalue weighted by atomic mass is 32.2. The number of aromatic nitrogens is 1. The van der Waals surface area contributed by atoms with Crippen LogP contribution in [-0.4, -0.2) is 22.0 Å². The quantitative estimate of drug-likeness (QED) is 0.0703. The molecule has 2 N–H and O–H groups in total. The molecule has 0 spiro atoms. The van der Waals surface area contributed by atoms with E-state index in [1.54, 1.807) is 0 Å². The first-order valence-electron chi connectivity index (χ1n) is 16.8. The monoisotopic (exact) mass is 640 g/mol. The number of fused-ring (bicyclic) bond motifs is 1. The van der Waals surface area contributed by atoms with Crippen molar-refractivity contribution in [2.24, 2.45) is 5.92 Å². The van der Waals surface area contributed by atoms with Crippen LogP contribution in [0.3, 0.4) is 0 Å². The van der Waals surface area contributed by atoms with Crippen molar-refractivity contribution < 1.29 is 18.9 Å². The third kappa shape index (κ3) is 14.5. The second-order valence-corrected chi connectivity index (χ2v) is 13.9. The largest absolute Gasteiger partial charge is 0.481 e. The minimum atomic E-state index is -0.970. The maximum absolute atomic E-state index is 12.8. The Morgan fingerprint density at radius 3 is 2.00 bits per heavy atom. The summed E-state index contributed by atoms with van der Waals surface area (Å²) in [6, 6.07) is 16.1. The van der Waals surface area contributed by atoms with E-state index in [0.717, 1.165) is 47.2 Å².